The maximum Gasteiger partial charge on any atom is 0.244 e. The maximum absolute atomic E-state index is 5.82. The average molecular weight is 405 g/mol. The molecule has 0 bridgehead atoms. The maximum atomic E-state index is 5.82. The van der Waals surface area contributed by atoms with Crippen LogP contribution < -0.4 is 10.1 Å². The number of hydrogen-bond donors (Lipinski definition) is 1. The first-order chi connectivity index (χ1) is 14.7. The number of imidazole rings is 1. The zero-order chi connectivity index (χ0) is 20.1. The summed E-state index contributed by atoms with van der Waals surface area (Å²) in [4.78, 5) is 13.3. The third-order valence-electron chi connectivity index (χ3n) is 6.42. The van der Waals surface area contributed by atoms with E-state index in [9.17, 15) is 0 Å². The number of fused-ring (bicyclic) bond motifs is 2. The molecule has 1 aliphatic heterocycles. The van der Waals surface area contributed by atoms with Crippen LogP contribution in [0.2, 0.25) is 0 Å². The van der Waals surface area contributed by atoms with Gasteiger partial charge in [0.2, 0.25) is 17.6 Å². The zero-order valence-corrected chi connectivity index (χ0v) is 16.8. The van der Waals surface area contributed by atoms with Gasteiger partial charge in [-0.2, -0.15) is 4.98 Å². The molecule has 6 rings (SSSR count). The van der Waals surface area contributed by atoms with Gasteiger partial charge in [-0.15, -0.1) is 5.10 Å². The summed E-state index contributed by atoms with van der Waals surface area (Å²) in [5.41, 5.74) is 2.88. The Morgan fingerprint density at radius 1 is 1.20 bits per heavy atom. The lowest BCUT2D eigenvalue weighted by atomic mass is 9.77. The van der Waals surface area contributed by atoms with Gasteiger partial charge in [0.15, 0.2) is 0 Å². The molecule has 9 heteroatoms. The Morgan fingerprint density at radius 2 is 2.07 bits per heavy atom. The van der Waals surface area contributed by atoms with Gasteiger partial charge in [0.05, 0.1) is 19.3 Å². The molecular weight excluding hydrogens is 382 g/mol. The fraction of sp³-hybridized carbons (Fsp3) is 0.429. The molecule has 0 radical (unpaired) electrons. The van der Waals surface area contributed by atoms with Crippen LogP contribution in [0.25, 0.3) is 22.4 Å². The van der Waals surface area contributed by atoms with Crippen LogP contribution >= 0.6 is 0 Å². The minimum Gasteiger partial charge on any atom is -0.479 e. The van der Waals surface area contributed by atoms with E-state index in [1.54, 1.807) is 13.3 Å². The number of nitrogens with one attached hydrogen (secondary N) is 1. The molecule has 1 spiro atoms. The second kappa shape index (κ2) is 6.66. The molecule has 0 atom stereocenters. The van der Waals surface area contributed by atoms with Crippen LogP contribution in [0.4, 0.5) is 5.95 Å². The van der Waals surface area contributed by atoms with Gasteiger partial charge < -0.3 is 14.8 Å². The van der Waals surface area contributed by atoms with Gasteiger partial charge in [-0.05, 0) is 38.2 Å². The standard InChI is InChI=1S/C21H23N7O2/c1-29-18-17-16(14-12-23-20-22-8-10-27(20)13-14)4-9-28(17)26-19(25-18)24-15-2-5-21(6-3-15)7-11-30-21/h4,8-10,12-13,15H,2-3,5-7,11H2,1H3,(H,24,26)/t15-,21+. The summed E-state index contributed by atoms with van der Waals surface area (Å²) < 4.78 is 15.2. The van der Waals surface area contributed by atoms with Crippen molar-refractivity contribution in [1.82, 2.24) is 29.0 Å². The second-order valence-corrected chi connectivity index (χ2v) is 8.14. The van der Waals surface area contributed by atoms with E-state index in [2.05, 4.69) is 20.3 Å². The van der Waals surface area contributed by atoms with E-state index in [1.807, 2.05) is 39.8 Å². The summed E-state index contributed by atoms with van der Waals surface area (Å²) >= 11 is 0. The van der Waals surface area contributed by atoms with Crippen molar-refractivity contribution in [2.24, 2.45) is 0 Å². The molecule has 9 nitrogen and oxygen atoms in total. The first-order valence-corrected chi connectivity index (χ1v) is 10.4. The minimum atomic E-state index is 0.153. The molecule has 4 aromatic heterocycles. The Bertz CT molecular complexity index is 1220. The molecule has 0 aromatic carbocycles. The zero-order valence-electron chi connectivity index (χ0n) is 16.8. The average Bonchev–Trinajstić information content (AvgIpc) is 3.39. The molecule has 0 amide bonds. The van der Waals surface area contributed by atoms with Gasteiger partial charge in [0.1, 0.15) is 5.52 Å². The number of methoxy groups -OCH3 is 1. The van der Waals surface area contributed by atoms with Gasteiger partial charge in [-0.25, -0.2) is 14.5 Å². The van der Waals surface area contributed by atoms with Gasteiger partial charge in [-0.1, -0.05) is 0 Å². The number of ether oxygens (including phenoxy) is 2. The Labute approximate surface area is 173 Å². The number of rotatable bonds is 4. The molecule has 0 unspecified atom stereocenters. The van der Waals surface area contributed by atoms with E-state index >= 15 is 0 Å². The summed E-state index contributed by atoms with van der Waals surface area (Å²) in [5.74, 6) is 1.78. The summed E-state index contributed by atoms with van der Waals surface area (Å²) in [6.07, 6.45) is 14.9. The van der Waals surface area contributed by atoms with Crippen LogP contribution in [0.15, 0.2) is 37.1 Å². The van der Waals surface area contributed by atoms with Crippen molar-refractivity contribution in [3.8, 4) is 17.0 Å². The number of aromatic nitrogens is 6. The lowest BCUT2D eigenvalue weighted by Crippen LogP contribution is -2.48. The predicted octanol–water partition coefficient (Wildman–Crippen LogP) is 2.96. The first kappa shape index (κ1) is 17.6. The van der Waals surface area contributed by atoms with Crippen LogP contribution in [0, 0.1) is 0 Å². The van der Waals surface area contributed by atoms with Crippen LogP contribution in [-0.4, -0.2) is 54.3 Å². The van der Waals surface area contributed by atoms with E-state index in [4.69, 9.17) is 14.6 Å². The van der Waals surface area contributed by atoms with Crippen molar-refractivity contribution in [3.63, 3.8) is 0 Å². The summed E-state index contributed by atoms with van der Waals surface area (Å²) in [7, 11) is 1.64. The fourth-order valence-corrected chi connectivity index (χ4v) is 4.64. The molecule has 1 saturated carbocycles. The smallest absolute Gasteiger partial charge is 0.244 e. The molecule has 1 N–H and O–H groups in total. The topological polar surface area (TPSA) is 90.9 Å². The predicted molar refractivity (Wildman–Crippen MR) is 111 cm³/mol. The summed E-state index contributed by atoms with van der Waals surface area (Å²) in [5, 5.41) is 8.19. The number of hydrogen-bond acceptors (Lipinski definition) is 7. The molecule has 5 heterocycles. The van der Waals surface area contributed by atoms with E-state index in [0.717, 1.165) is 48.9 Å². The highest BCUT2D eigenvalue weighted by molar-refractivity contribution is 5.84. The monoisotopic (exact) mass is 405 g/mol. The molecular formula is C21H23N7O2. The molecule has 1 saturated heterocycles. The van der Waals surface area contributed by atoms with Crippen molar-refractivity contribution < 1.29 is 9.47 Å². The highest BCUT2D eigenvalue weighted by Gasteiger charge is 2.41. The Kier molecular flexibility index (Phi) is 3.92. The van der Waals surface area contributed by atoms with Crippen LogP contribution in [0.5, 0.6) is 5.88 Å². The van der Waals surface area contributed by atoms with Crippen molar-refractivity contribution >= 4 is 17.2 Å². The number of nitrogens with zero attached hydrogens (tertiary/aromatic N) is 6. The minimum absolute atomic E-state index is 0.153. The third-order valence-corrected chi connectivity index (χ3v) is 6.42. The SMILES string of the molecule is COc1nc(N[C@H]2CC[C@]3(CCO3)CC2)nn2ccc(-c3cnc4nccn4c3)c12. The summed E-state index contributed by atoms with van der Waals surface area (Å²) in [6.45, 7) is 0.911. The fourth-order valence-electron chi connectivity index (χ4n) is 4.64. The highest BCUT2D eigenvalue weighted by atomic mass is 16.5. The Balaban J connectivity index is 1.31. The molecule has 1 aliphatic carbocycles. The normalized spacial score (nSPS) is 23.7. The molecule has 30 heavy (non-hydrogen) atoms. The van der Waals surface area contributed by atoms with Crippen molar-refractivity contribution in [3.05, 3.63) is 37.1 Å². The molecule has 2 fully saturated rings. The van der Waals surface area contributed by atoms with Gasteiger partial charge in [0, 0.05) is 48.2 Å². The lowest BCUT2D eigenvalue weighted by Gasteiger charge is -2.46. The third kappa shape index (κ3) is 2.80. The van der Waals surface area contributed by atoms with Gasteiger partial charge in [0.25, 0.3) is 0 Å². The van der Waals surface area contributed by atoms with Crippen LogP contribution in [0.3, 0.4) is 0 Å². The van der Waals surface area contributed by atoms with Crippen LogP contribution in [0.1, 0.15) is 32.1 Å². The van der Waals surface area contributed by atoms with Crippen molar-refractivity contribution in [2.45, 2.75) is 43.7 Å². The molecule has 4 aromatic rings. The van der Waals surface area contributed by atoms with Crippen LogP contribution in [-0.2, 0) is 4.74 Å². The largest absolute Gasteiger partial charge is 0.479 e. The van der Waals surface area contributed by atoms with E-state index < -0.39 is 0 Å². The highest BCUT2D eigenvalue weighted by Crippen LogP contribution is 2.41. The quantitative estimate of drug-likeness (QED) is 0.558. The number of anilines is 1. The molecule has 154 valence electrons. The van der Waals surface area contributed by atoms with Crippen molar-refractivity contribution in [2.75, 3.05) is 19.0 Å². The van der Waals surface area contributed by atoms with E-state index in [0.29, 0.717) is 23.6 Å². The first-order valence-electron chi connectivity index (χ1n) is 10.4. The Morgan fingerprint density at radius 3 is 2.83 bits per heavy atom. The van der Waals surface area contributed by atoms with Gasteiger partial charge in [-0.3, -0.25) is 4.40 Å². The van der Waals surface area contributed by atoms with E-state index in [1.165, 1.54) is 6.42 Å². The lowest BCUT2D eigenvalue weighted by molar-refractivity contribution is -0.165. The molecule has 2 aliphatic rings. The van der Waals surface area contributed by atoms with Gasteiger partial charge >= 0.3 is 0 Å². The second-order valence-electron chi connectivity index (χ2n) is 8.14. The Hall–Kier alpha value is -3.20. The van der Waals surface area contributed by atoms with Crippen molar-refractivity contribution in [1.29, 1.82) is 0 Å². The summed E-state index contributed by atoms with van der Waals surface area (Å²) in [6, 6.07) is 2.36. The van der Waals surface area contributed by atoms with E-state index in [-0.39, 0.29) is 5.60 Å².